The van der Waals surface area contributed by atoms with E-state index < -0.39 is 0 Å². The molecule has 29 heavy (non-hydrogen) atoms. The smallest absolute Gasteiger partial charge is 0.320 e. The summed E-state index contributed by atoms with van der Waals surface area (Å²) in [5.41, 5.74) is 1.16. The molecular weight excluding hydrogens is 368 g/mol. The Morgan fingerprint density at radius 3 is 2.31 bits per heavy atom. The first-order valence-electron chi connectivity index (χ1n) is 10.9. The molecular formula is C22H34N4O3. The molecule has 0 radical (unpaired) electrons. The lowest BCUT2D eigenvalue weighted by Crippen LogP contribution is -2.54. The summed E-state index contributed by atoms with van der Waals surface area (Å²) in [5, 5.41) is 2.96. The van der Waals surface area contributed by atoms with Gasteiger partial charge in [-0.05, 0) is 31.2 Å². The molecule has 2 aliphatic rings. The number of piperidine rings is 1. The normalized spacial score (nSPS) is 17.9. The van der Waals surface area contributed by atoms with E-state index >= 15 is 0 Å². The van der Waals surface area contributed by atoms with E-state index in [1.165, 1.54) is 6.42 Å². The zero-order chi connectivity index (χ0) is 20.3. The highest BCUT2D eigenvalue weighted by Gasteiger charge is 2.26. The van der Waals surface area contributed by atoms with Crippen molar-refractivity contribution in [3.63, 3.8) is 0 Å². The van der Waals surface area contributed by atoms with Crippen LogP contribution >= 0.6 is 0 Å². The van der Waals surface area contributed by atoms with Gasteiger partial charge in [0.05, 0.1) is 13.2 Å². The Labute approximate surface area is 174 Å². The minimum Gasteiger partial charge on any atom is -0.377 e. The molecule has 0 spiro atoms. The maximum atomic E-state index is 12.5. The number of rotatable bonds is 8. The van der Waals surface area contributed by atoms with Gasteiger partial charge >= 0.3 is 6.03 Å². The van der Waals surface area contributed by atoms with Gasteiger partial charge in [-0.3, -0.25) is 9.69 Å². The number of benzene rings is 1. The van der Waals surface area contributed by atoms with E-state index in [0.29, 0.717) is 39.4 Å². The lowest BCUT2D eigenvalue weighted by atomic mass is 10.1. The minimum atomic E-state index is 0.0452. The molecule has 3 rings (SSSR count). The minimum absolute atomic E-state index is 0.0452. The molecule has 1 N–H and O–H groups in total. The van der Waals surface area contributed by atoms with Crippen molar-refractivity contribution in [3.8, 4) is 0 Å². The summed E-state index contributed by atoms with van der Waals surface area (Å²) >= 11 is 0. The van der Waals surface area contributed by atoms with Gasteiger partial charge in [0.1, 0.15) is 0 Å². The highest BCUT2D eigenvalue weighted by Crippen LogP contribution is 2.12. The maximum Gasteiger partial charge on any atom is 0.320 e. The third kappa shape index (κ3) is 7.33. The van der Waals surface area contributed by atoms with Crippen LogP contribution in [0.3, 0.4) is 0 Å². The fourth-order valence-electron chi connectivity index (χ4n) is 3.81. The summed E-state index contributed by atoms with van der Waals surface area (Å²) in [6.07, 6.45) is 4.26. The lowest BCUT2D eigenvalue weighted by Gasteiger charge is -2.38. The molecule has 7 nitrogen and oxygen atoms in total. The molecule has 2 fully saturated rings. The maximum absolute atomic E-state index is 12.5. The van der Waals surface area contributed by atoms with E-state index in [2.05, 4.69) is 10.2 Å². The largest absolute Gasteiger partial charge is 0.377 e. The Bertz CT molecular complexity index is 626. The van der Waals surface area contributed by atoms with E-state index in [1.807, 2.05) is 40.1 Å². The van der Waals surface area contributed by atoms with Gasteiger partial charge in [0.25, 0.3) is 0 Å². The molecule has 0 aliphatic carbocycles. The van der Waals surface area contributed by atoms with Gasteiger partial charge in [0, 0.05) is 52.4 Å². The van der Waals surface area contributed by atoms with Crippen molar-refractivity contribution >= 4 is 11.9 Å². The molecule has 0 atom stereocenters. The van der Waals surface area contributed by atoms with Gasteiger partial charge in [0.15, 0.2) is 0 Å². The van der Waals surface area contributed by atoms with Crippen LogP contribution in [0, 0.1) is 0 Å². The van der Waals surface area contributed by atoms with Crippen LogP contribution < -0.4 is 5.32 Å². The van der Waals surface area contributed by atoms with Crippen LogP contribution in [-0.4, -0.2) is 85.6 Å². The van der Waals surface area contributed by atoms with E-state index in [9.17, 15) is 9.59 Å². The number of ether oxygens (including phenoxy) is 1. The molecule has 3 amide bonds. The first kappa shape index (κ1) is 21.6. The van der Waals surface area contributed by atoms with Crippen molar-refractivity contribution in [2.24, 2.45) is 0 Å². The van der Waals surface area contributed by atoms with E-state index in [1.54, 1.807) is 0 Å². The van der Waals surface area contributed by atoms with Crippen molar-refractivity contribution in [1.82, 2.24) is 20.0 Å². The number of nitrogens with zero attached hydrogens (tertiary/aromatic N) is 3. The Hall–Kier alpha value is -2.12. The Kier molecular flexibility index (Phi) is 8.77. The molecule has 0 bridgehead atoms. The van der Waals surface area contributed by atoms with E-state index in [-0.39, 0.29) is 11.9 Å². The second-order valence-electron chi connectivity index (χ2n) is 7.84. The average Bonchev–Trinajstić information content (AvgIpc) is 2.77. The molecule has 1 aromatic carbocycles. The molecule has 0 aromatic heterocycles. The van der Waals surface area contributed by atoms with Crippen LogP contribution in [0.25, 0.3) is 0 Å². The standard InChI is InChI=1S/C22H34N4O3/c27-21(23-10-7-17-29-19-20-8-3-1-4-9-20)18-24-13-15-26(16-14-24)22(28)25-11-5-2-6-12-25/h1,3-4,8-9H,2,5-7,10-19H2,(H,23,27). The fraction of sp³-hybridized carbons (Fsp3) is 0.636. The first-order chi connectivity index (χ1) is 14.2. The Balaban J connectivity index is 1.23. The molecule has 2 aliphatic heterocycles. The highest BCUT2D eigenvalue weighted by molar-refractivity contribution is 5.78. The van der Waals surface area contributed by atoms with Crippen molar-refractivity contribution in [1.29, 1.82) is 0 Å². The lowest BCUT2D eigenvalue weighted by molar-refractivity contribution is -0.122. The van der Waals surface area contributed by atoms with Crippen LogP contribution in [-0.2, 0) is 16.1 Å². The molecule has 2 saturated heterocycles. The number of piperazine rings is 1. The zero-order valence-electron chi connectivity index (χ0n) is 17.4. The summed E-state index contributed by atoms with van der Waals surface area (Å²) in [6.45, 7) is 6.96. The third-order valence-electron chi connectivity index (χ3n) is 5.54. The van der Waals surface area contributed by atoms with Gasteiger partial charge in [0.2, 0.25) is 5.91 Å². The van der Waals surface area contributed by atoms with Gasteiger partial charge in [-0.2, -0.15) is 0 Å². The predicted molar refractivity (Wildman–Crippen MR) is 113 cm³/mol. The molecule has 0 unspecified atom stereocenters. The van der Waals surface area contributed by atoms with Crippen LogP contribution in [0.4, 0.5) is 4.79 Å². The molecule has 0 saturated carbocycles. The van der Waals surface area contributed by atoms with Crippen molar-refractivity contribution in [2.75, 3.05) is 59.0 Å². The number of nitrogens with one attached hydrogen (secondary N) is 1. The van der Waals surface area contributed by atoms with Gasteiger partial charge in [-0.1, -0.05) is 30.3 Å². The van der Waals surface area contributed by atoms with Gasteiger partial charge in [-0.25, -0.2) is 4.79 Å². The summed E-state index contributed by atoms with van der Waals surface area (Å²) < 4.78 is 5.63. The van der Waals surface area contributed by atoms with Crippen molar-refractivity contribution in [3.05, 3.63) is 35.9 Å². The molecule has 7 heteroatoms. The number of carbonyl (C=O) groups excluding carboxylic acids is 2. The number of urea groups is 1. The van der Waals surface area contributed by atoms with Crippen molar-refractivity contribution in [2.45, 2.75) is 32.3 Å². The number of hydrogen-bond acceptors (Lipinski definition) is 4. The number of hydrogen-bond donors (Lipinski definition) is 1. The fourth-order valence-corrected chi connectivity index (χ4v) is 3.81. The highest BCUT2D eigenvalue weighted by atomic mass is 16.5. The Morgan fingerprint density at radius 2 is 1.59 bits per heavy atom. The van der Waals surface area contributed by atoms with Gasteiger partial charge < -0.3 is 19.9 Å². The first-order valence-corrected chi connectivity index (χ1v) is 10.9. The second kappa shape index (κ2) is 11.8. The van der Waals surface area contributed by atoms with E-state index in [4.69, 9.17) is 4.74 Å². The summed E-state index contributed by atoms with van der Waals surface area (Å²) in [6, 6.07) is 10.3. The summed E-state index contributed by atoms with van der Waals surface area (Å²) in [7, 11) is 0. The summed E-state index contributed by atoms with van der Waals surface area (Å²) in [4.78, 5) is 30.7. The van der Waals surface area contributed by atoms with Crippen LogP contribution in [0.15, 0.2) is 30.3 Å². The molecule has 2 heterocycles. The number of carbonyl (C=O) groups is 2. The topological polar surface area (TPSA) is 65.1 Å². The number of likely N-dealkylation sites (tertiary alicyclic amines) is 1. The SMILES string of the molecule is O=C(CN1CCN(C(=O)N2CCCCC2)CC1)NCCCOCc1ccccc1. The summed E-state index contributed by atoms with van der Waals surface area (Å²) in [5.74, 6) is 0.0452. The van der Waals surface area contributed by atoms with E-state index in [0.717, 1.165) is 51.0 Å². The third-order valence-corrected chi connectivity index (χ3v) is 5.54. The molecule has 160 valence electrons. The predicted octanol–water partition coefficient (Wildman–Crippen LogP) is 1.93. The zero-order valence-corrected chi connectivity index (χ0v) is 17.4. The number of amides is 3. The Morgan fingerprint density at radius 1 is 0.897 bits per heavy atom. The quantitative estimate of drug-likeness (QED) is 0.675. The van der Waals surface area contributed by atoms with Crippen molar-refractivity contribution < 1.29 is 14.3 Å². The van der Waals surface area contributed by atoms with Gasteiger partial charge in [-0.15, -0.1) is 0 Å². The van der Waals surface area contributed by atoms with Crippen LogP contribution in [0.5, 0.6) is 0 Å². The average molecular weight is 403 g/mol. The second-order valence-corrected chi connectivity index (χ2v) is 7.84. The van der Waals surface area contributed by atoms with Crippen LogP contribution in [0.2, 0.25) is 0 Å². The monoisotopic (exact) mass is 402 g/mol. The van der Waals surface area contributed by atoms with Crippen LogP contribution in [0.1, 0.15) is 31.2 Å². The molecule has 1 aromatic rings.